The van der Waals surface area contributed by atoms with Crippen molar-refractivity contribution in [2.75, 3.05) is 19.7 Å². The van der Waals surface area contributed by atoms with Crippen molar-refractivity contribution in [3.63, 3.8) is 0 Å². The predicted molar refractivity (Wildman–Crippen MR) is 204 cm³/mol. The Morgan fingerprint density at radius 2 is 1.60 bits per heavy atom. The molecule has 1 amide bonds. The summed E-state index contributed by atoms with van der Waals surface area (Å²) in [6.45, 7) is 6.94. The quantitative estimate of drug-likeness (QED) is 0.0142. The van der Waals surface area contributed by atoms with E-state index in [2.05, 4.69) is 17.1 Å². The predicted octanol–water partition coefficient (Wildman–Crippen LogP) is 5.95. The molecule has 0 aliphatic rings. The summed E-state index contributed by atoms with van der Waals surface area (Å²) >= 11 is 0. The second-order valence-corrected chi connectivity index (χ2v) is 13.3. The lowest BCUT2D eigenvalue weighted by molar-refractivity contribution is -0.457. The summed E-state index contributed by atoms with van der Waals surface area (Å²) in [5, 5.41) is 45.0. The van der Waals surface area contributed by atoms with Crippen LogP contribution in [0.25, 0.3) is 0 Å². The van der Waals surface area contributed by atoms with Crippen LogP contribution >= 0.6 is 0 Å². The van der Waals surface area contributed by atoms with Crippen molar-refractivity contribution in [1.82, 2.24) is 0 Å². The van der Waals surface area contributed by atoms with Crippen LogP contribution in [0.3, 0.4) is 0 Å². The van der Waals surface area contributed by atoms with Gasteiger partial charge in [0.25, 0.3) is 0 Å². The molecule has 0 saturated carbocycles. The van der Waals surface area contributed by atoms with Crippen molar-refractivity contribution in [1.29, 1.82) is 0 Å². The van der Waals surface area contributed by atoms with Crippen LogP contribution < -0.4 is 10.5 Å². The summed E-state index contributed by atoms with van der Waals surface area (Å²) in [4.78, 5) is 64.5. The van der Waals surface area contributed by atoms with Gasteiger partial charge in [-0.15, -0.1) is 4.91 Å². The number of aliphatic hydroxyl groups is 1. The summed E-state index contributed by atoms with van der Waals surface area (Å²) in [7, 11) is 0. The van der Waals surface area contributed by atoms with Gasteiger partial charge in [-0.05, 0) is 63.3 Å². The highest BCUT2D eigenvalue weighted by atomic mass is 16.5. The molecular weight excluding hydrogens is 684 g/mol. The Labute approximate surface area is 312 Å². The van der Waals surface area contributed by atoms with Crippen molar-refractivity contribution < 1.29 is 44.0 Å². The number of carboxylic acids is 2. The molecule has 0 fully saturated rings. The van der Waals surface area contributed by atoms with Crippen molar-refractivity contribution >= 4 is 35.6 Å². The molecule has 0 unspecified atom stereocenters. The number of aliphatic imine (C=N–C) groups is 1. The lowest BCUT2D eigenvalue weighted by atomic mass is 9.80. The molecule has 3 atom stereocenters. The van der Waals surface area contributed by atoms with Crippen LogP contribution in [0.5, 0.6) is 5.75 Å². The first kappa shape index (κ1) is 46.5. The molecule has 0 heterocycles. The number of nitroso groups, excluding NO2 is 1. The first-order valence-corrected chi connectivity index (χ1v) is 18.4. The zero-order valence-electron chi connectivity index (χ0n) is 31.4. The number of carbonyl (C=O) groups excluding carboxylic acids is 2. The second kappa shape index (κ2) is 26.2. The number of nitrogens with zero attached hydrogens (tertiary/aromatic N) is 3. The molecule has 0 aliphatic heterocycles. The highest BCUT2D eigenvalue weighted by Gasteiger charge is 2.48. The van der Waals surface area contributed by atoms with E-state index in [0.717, 1.165) is 73.5 Å². The van der Waals surface area contributed by atoms with E-state index in [0.29, 0.717) is 43.4 Å². The molecule has 0 saturated heterocycles. The number of hydroxylamine groups is 1. The smallest absolute Gasteiger partial charge is 0.328 e. The molecule has 0 spiro atoms. The highest BCUT2D eigenvalue weighted by Crippen LogP contribution is 2.27. The van der Waals surface area contributed by atoms with Crippen LogP contribution in [0.1, 0.15) is 110 Å². The molecule has 14 heteroatoms. The van der Waals surface area contributed by atoms with E-state index in [4.69, 9.17) is 10.5 Å². The molecule has 5 N–H and O–H groups in total. The summed E-state index contributed by atoms with van der Waals surface area (Å²) in [5.74, 6) is -7.15. The van der Waals surface area contributed by atoms with E-state index in [-0.39, 0.29) is 19.5 Å². The number of ketones is 1. The standard InChI is InChI=1S/C39H58N4O10/c1-4-5-6-9-12-15-31(43(52)24-23-40)16-13-10-7-8-11-14-17-33(39(50,27-36(45)46)38(49)42-51)35(44)28-41-34(37(47)48)26-30-18-20-32(21-19-30)53-25-22-29(2)3/h14,17-22,28,33-34,50H,4-13,15-16,23-27,40H2,1-3H3,(H,45,46)(H,47,48)/b17-14+,41-28?,43-31-/t33-,34+,39+/m1/s1. The Morgan fingerprint density at radius 1 is 0.981 bits per heavy atom. The van der Waals surface area contributed by atoms with Gasteiger partial charge in [0.15, 0.2) is 29.7 Å². The fraction of sp³-hybridized carbons (Fsp3) is 0.590. The third-order valence-corrected chi connectivity index (χ3v) is 8.62. The lowest BCUT2D eigenvalue weighted by Crippen LogP contribution is -2.49. The van der Waals surface area contributed by atoms with Gasteiger partial charge in [0, 0.05) is 24.4 Å². The van der Waals surface area contributed by atoms with E-state index in [1.165, 1.54) is 12.5 Å². The molecule has 0 bridgehead atoms. The van der Waals surface area contributed by atoms with Crippen LogP contribution in [0.2, 0.25) is 0 Å². The van der Waals surface area contributed by atoms with Crippen molar-refractivity contribution in [2.24, 2.45) is 21.8 Å². The number of benzene rings is 1. The van der Waals surface area contributed by atoms with Gasteiger partial charge in [-0.2, -0.15) is 0 Å². The Balaban J connectivity index is 2.99. The van der Waals surface area contributed by atoms with E-state index in [1.807, 2.05) is 19.9 Å². The Kier molecular flexibility index (Phi) is 23.0. The number of allylic oxidation sites excluding steroid dienone is 2. The van der Waals surface area contributed by atoms with Crippen LogP contribution in [0, 0.1) is 16.0 Å². The van der Waals surface area contributed by atoms with E-state index in [1.54, 1.807) is 24.3 Å². The number of amides is 1. The first-order valence-electron chi connectivity index (χ1n) is 18.4. The van der Waals surface area contributed by atoms with E-state index in [9.17, 15) is 44.6 Å². The Bertz CT molecular complexity index is 1430. The first-order chi connectivity index (χ1) is 25.3. The summed E-state index contributed by atoms with van der Waals surface area (Å²) in [6.07, 6.45) is 14.1. The van der Waals surface area contributed by atoms with Gasteiger partial charge in [0.2, 0.25) is 0 Å². The molecule has 53 heavy (non-hydrogen) atoms. The number of rotatable bonds is 29. The molecule has 1 aromatic rings. The number of ether oxygens (including phenoxy) is 1. The largest absolute Gasteiger partial charge is 0.624 e. The molecule has 0 aliphatic carbocycles. The Morgan fingerprint density at radius 3 is 2.15 bits per heavy atom. The maximum Gasteiger partial charge on any atom is 0.328 e. The summed E-state index contributed by atoms with van der Waals surface area (Å²) < 4.78 is 6.62. The number of unbranched alkanes of at least 4 members (excludes halogenated alkanes) is 8. The van der Waals surface area contributed by atoms with Crippen LogP contribution in [-0.2, 0) is 25.6 Å². The SMILES string of the molecule is CCCCCCC/C(CCCCCC/C=C/[C@H](C(=O)C=N[C@@H](Cc1ccc(OCC=C(C)C)cc1)C(=O)O)[C@@](O)(CC(=O)O)C(=O)N=O)=[N+](/[O-])CCN. The molecule has 1 rings (SSSR count). The van der Waals surface area contributed by atoms with Crippen LogP contribution in [-0.4, -0.2) is 87.0 Å². The summed E-state index contributed by atoms with van der Waals surface area (Å²) in [6, 6.07) is 5.22. The van der Waals surface area contributed by atoms with Gasteiger partial charge in [0.1, 0.15) is 12.4 Å². The minimum absolute atomic E-state index is 0.111. The number of aliphatic carboxylic acids is 2. The van der Waals surface area contributed by atoms with Crippen molar-refractivity contribution in [3.8, 4) is 5.75 Å². The van der Waals surface area contributed by atoms with Crippen LogP contribution in [0.4, 0.5) is 0 Å². The minimum atomic E-state index is -3.02. The van der Waals surface area contributed by atoms with E-state index >= 15 is 0 Å². The summed E-state index contributed by atoms with van der Waals surface area (Å²) in [5.41, 5.74) is 5.09. The van der Waals surface area contributed by atoms with Crippen LogP contribution in [0.15, 0.2) is 58.2 Å². The normalized spacial score (nSPS) is 14.3. The fourth-order valence-electron chi connectivity index (χ4n) is 5.57. The Hall–Kier alpha value is -4.56. The third-order valence-electron chi connectivity index (χ3n) is 8.62. The molecule has 294 valence electrons. The van der Waals surface area contributed by atoms with Crippen molar-refractivity contribution in [3.05, 3.63) is 63.7 Å². The molecule has 14 nitrogen and oxygen atoms in total. The number of hydrogen-bond acceptors (Lipinski definition) is 10. The number of Topliss-reactive ketones (excluding diaryl/α,β-unsaturated/α-hetero) is 1. The zero-order chi connectivity index (χ0) is 39.6. The van der Waals surface area contributed by atoms with Gasteiger partial charge >= 0.3 is 17.8 Å². The highest BCUT2D eigenvalue weighted by molar-refractivity contribution is 6.30. The van der Waals surface area contributed by atoms with Gasteiger partial charge in [-0.3, -0.25) is 19.4 Å². The third kappa shape index (κ3) is 18.7. The maximum atomic E-state index is 13.4. The van der Waals surface area contributed by atoms with E-state index < -0.39 is 47.6 Å². The number of nitrogens with two attached hydrogens (primary N) is 1. The number of carboxylic acid groups (broad SMARTS) is 2. The topological polar surface area (TPSA) is 232 Å². The lowest BCUT2D eigenvalue weighted by Gasteiger charge is -2.27. The molecule has 1 aromatic carbocycles. The number of carbonyl (C=O) groups is 4. The average Bonchev–Trinajstić information content (AvgIpc) is 3.11. The minimum Gasteiger partial charge on any atom is -0.624 e. The maximum absolute atomic E-state index is 13.4. The second-order valence-electron chi connectivity index (χ2n) is 13.3. The average molecular weight is 743 g/mol. The fourth-order valence-corrected chi connectivity index (χ4v) is 5.57. The monoisotopic (exact) mass is 742 g/mol. The van der Waals surface area contributed by atoms with Gasteiger partial charge < -0.3 is 31.0 Å². The molecule has 0 aromatic heterocycles. The molecule has 0 radical (unpaired) electrons. The van der Waals surface area contributed by atoms with Crippen molar-refractivity contribution in [2.45, 2.75) is 122 Å². The van der Waals surface area contributed by atoms with Gasteiger partial charge in [-0.25, -0.2) is 9.53 Å². The van der Waals surface area contributed by atoms with Gasteiger partial charge in [0.05, 0.1) is 25.1 Å². The van der Waals surface area contributed by atoms with Gasteiger partial charge in [-0.1, -0.05) is 75.3 Å². The molecular formula is C39H58N4O10. The zero-order valence-corrected chi connectivity index (χ0v) is 31.4. The number of hydrogen-bond donors (Lipinski definition) is 4.